The Morgan fingerprint density at radius 3 is 2.20 bits per heavy atom. The second kappa shape index (κ2) is 6.93. The Kier molecular flexibility index (Phi) is 4.65. The third-order valence-corrected chi connectivity index (χ3v) is 6.54. The van der Waals surface area contributed by atoms with E-state index in [-0.39, 0.29) is 29.6 Å². The quantitative estimate of drug-likeness (QED) is 0.422. The van der Waals surface area contributed by atoms with Crippen LogP contribution in [0.1, 0.15) is 51.4 Å². The van der Waals surface area contributed by atoms with Crippen LogP contribution in [-0.2, 0) is 14.4 Å². The van der Waals surface area contributed by atoms with Crippen molar-refractivity contribution in [2.75, 3.05) is 19.6 Å². The molecule has 2 aliphatic carbocycles. The highest BCUT2D eigenvalue weighted by Crippen LogP contribution is 2.52. The SMILES string of the molecule is O=C(CCCCCN1C(=O)C2C3C=CC(C3)C2C1=O)N1CCCCC1. The van der Waals surface area contributed by atoms with Gasteiger partial charge in [-0.2, -0.15) is 0 Å². The number of fused-ring (bicyclic) bond motifs is 5. The van der Waals surface area contributed by atoms with Crippen LogP contribution in [0.5, 0.6) is 0 Å². The van der Waals surface area contributed by atoms with Crippen LogP contribution >= 0.6 is 0 Å². The molecule has 4 rings (SSSR count). The zero-order valence-corrected chi connectivity index (χ0v) is 14.9. The fraction of sp³-hybridized carbons (Fsp3) is 0.750. The Morgan fingerprint density at radius 1 is 0.920 bits per heavy atom. The summed E-state index contributed by atoms with van der Waals surface area (Å²) in [6.45, 7) is 2.35. The van der Waals surface area contributed by atoms with E-state index in [0.717, 1.165) is 51.6 Å². The lowest BCUT2D eigenvalue weighted by Gasteiger charge is -2.26. The number of allylic oxidation sites excluding steroid dienone is 2. The van der Waals surface area contributed by atoms with Gasteiger partial charge in [0, 0.05) is 26.1 Å². The lowest BCUT2D eigenvalue weighted by Crippen LogP contribution is -2.35. The second-order valence-electron chi connectivity index (χ2n) is 8.08. The van der Waals surface area contributed by atoms with Crippen LogP contribution in [0.25, 0.3) is 0 Å². The molecule has 2 aliphatic heterocycles. The molecule has 0 radical (unpaired) electrons. The van der Waals surface area contributed by atoms with Crippen molar-refractivity contribution < 1.29 is 14.4 Å². The number of carbonyl (C=O) groups excluding carboxylic acids is 3. The van der Waals surface area contributed by atoms with E-state index in [4.69, 9.17) is 0 Å². The number of hydrogen-bond donors (Lipinski definition) is 0. The summed E-state index contributed by atoms with van der Waals surface area (Å²) in [5, 5.41) is 0. The van der Waals surface area contributed by atoms with Crippen molar-refractivity contribution in [3.63, 3.8) is 0 Å². The molecule has 0 aromatic heterocycles. The molecule has 136 valence electrons. The Balaban J connectivity index is 1.19. The fourth-order valence-corrected chi connectivity index (χ4v) is 5.21. The lowest BCUT2D eigenvalue weighted by atomic mass is 9.85. The van der Waals surface area contributed by atoms with Crippen LogP contribution in [0.15, 0.2) is 12.2 Å². The smallest absolute Gasteiger partial charge is 0.233 e. The molecule has 0 N–H and O–H groups in total. The van der Waals surface area contributed by atoms with Crippen LogP contribution < -0.4 is 0 Å². The summed E-state index contributed by atoms with van der Waals surface area (Å²) in [6.07, 6.45) is 11.9. The molecule has 4 atom stereocenters. The molecule has 5 nitrogen and oxygen atoms in total. The van der Waals surface area contributed by atoms with E-state index in [1.807, 2.05) is 4.90 Å². The van der Waals surface area contributed by atoms with Crippen molar-refractivity contribution in [1.29, 1.82) is 0 Å². The van der Waals surface area contributed by atoms with Crippen molar-refractivity contribution in [3.05, 3.63) is 12.2 Å². The molecule has 3 amide bonds. The van der Waals surface area contributed by atoms with E-state index in [9.17, 15) is 14.4 Å². The first-order chi connectivity index (χ1) is 12.2. The molecule has 4 unspecified atom stereocenters. The third kappa shape index (κ3) is 3.02. The fourth-order valence-electron chi connectivity index (χ4n) is 5.21. The van der Waals surface area contributed by atoms with Crippen molar-refractivity contribution in [1.82, 2.24) is 9.80 Å². The van der Waals surface area contributed by atoms with Crippen molar-refractivity contribution >= 4 is 17.7 Å². The molecule has 5 heteroatoms. The van der Waals surface area contributed by atoms with Gasteiger partial charge in [-0.15, -0.1) is 0 Å². The van der Waals surface area contributed by atoms with E-state index in [1.54, 1.807) is 0 Å². The van der Waals surface area contributed by atoms with Gasteiger partial charge in [0.1, 0.15) is 0 Å². The topological polar surface area (TPSA) is 57.7 Å². The molecule has 0 spiro atoms. The number of carbonyl (C=O) groups is 3. The summed E-state index contributed by atoms with van der Waals surface area (Å²) in [5.41, 5.74) is 0. The van der Waals surface area contributed by atoms with E-state index >= 15 is 0 Å². The summed E-state index contributed by atoms with van der Waals surface area (Å²) in [5.74, 6) is 0.793. The van der Waals surface area contributed by atoms with E-state index in [1.165, 1.54) is 11.3 Å². The number of unbranched alkanes of at least 4 members (excludes halogenated alkanes) is 2. The number of hydrogen-bond acceptors (Lipinski definition) is 3. The van der Waals surface area contributed by atoms with E-state index < -0.39 is 0 Å². The van der Waals surface area contributed by atoms with Gasteiger partial charge >= 0.3 is 0 Å². The molecule has 0 aromatic rings. The Hall–Kier alpha value is -1.65. The molecule has 4 aliphatic rings. The van der Waals surface area contributed by atoms with Gasteiger partial charge in [-0.25, -0.2) is 0 Å². The second-order valence-corrected chi connectivity index (χ2v) is 8.08. The molecule has 2 heterocycles. The number of nitrogens with zero attached hydrogens (tertiary/aromatic N) is 2. The predicted molar refractivity (Wildman–Crippen MR) is 93.3 cm³/mol. The third-order valence-electron chi connectivity index (χ3n) is 6.54. The zero-order chi connectivity index (χ0) is 17.4. The Labute approximate surface area is 149 Å². The van der Waals surface area contributed by atoms with Crippen molar-refractivity contribution in [2.45, 2.75) is 51.4 Å². The molecule has 2 saturated heterocycles. The standard InChI is InChI=1S/C20H28N2O3/c23-16(21-10-4-2-5-11-21)7-3-1-6-12-22-19(24)17-14-8-9-15(13-14)18(17)20(22)25/h8-9,14-15,17-18H,1-7,10-13H2. The van der Waals surface area contributed by atoms with Gasteiger partial charge in [-0.3, -0.25) is 19.3 Å². The van der Waals surface area contributed by atoms with E-state index in [2.05, 4.69) is 12.2 Å². The van der Waals surface area contributed by atoms with Crippen molar-refractivity contribution in [2.24, 2.45) is 23.7 Å². The largest absolute Gasteiger partial charge is 0.343 e. The highest BCUT2D eigenvalue weighted by molar-refractivity contribution is 6.06. The average Bonchev–Trinajstić information content (AvgIpc) is 3.31. The number of amides is 3. The van der Waals surface area contributed by atoms with Crippen LogP contribution in [0.4, 0.5) is 0 Å². The predicted octanol–water partition coefficient (Wildman–Crippen LogP) is 2.37. The molecule has 3 fully saturated rings. The molecule has 0 aromatic carbocycles. The van der Waals surface area contributed by atoms with Gasteiger partial charge < -0.3 is 4.90 Å². The molecular formula is C20H28N2O3. The minimum atomic E-state index is -0.0804. The minimum absolute atomic E-state index is 0.0521. The van der Waals surface area contributed by atoms with E-state index in [0.29, 0.717) is 24.8 Å². The summed E-state index contributed by atoms with van der Waals surface area (Å²) >= 11 is 0. The van der Waals surface area contributed by atoms with Gasteiger partial charge in [-0.1, -0.05) is 18.6 Å². The van der Waals surface area contributed by atoms with Gasteiger partial charge in [0.05, 0.1) is 11.8 Å². The summed E-state index contributed by atoms with van der Waals surface area (Å²) < 4.78 is 0. The lowest BCUT2D eigenvalue weighted by molar-refractivity contribution is -0.141. The summed E-state index contributed by atoms with van der Waals surface area (Å²) in [4.78, 5) is 40.8. The summed E-state index contributed by atoms with van der Waals surface area (Å²) in [6, 6.07) is 0. The van der Waals surface area contributed by atoms with Crippen molar-refractivity contribution in [3.8, 4) is 0 Å². The van der Waals surface area contributed by atoms with Gasteiger partial charge in [0.15, 0.2) is 0 Å². The maximum absolute atomic E-state index is 12.6. The number of piperidine rings is 1. The highest BCUT2D eigenvalue weighted by Gasteiger charge is 2.58. The molecule has 2 bridgehead atoms. The van der Waals surface area contributed by atoms with Crippen LogP contribution in [0.3, 0.4) is 0 Å². The summed E-state index contributed by atoms with van der Waals surface area (Å²) in [7, 11) is 0. The minimum Gasteiger partial charge on any atom is -0.343 e. The first kappa shape index (κ1) is 16.8. The van der Waals surface area contributed by atoms with Crippen LogP contribution in [-0.4, -0.2) is 47.2 Å². The van der Waals surface area contributed by atoms with Gasteiger partial charge in [0.25, 0.3) is 0 Å². The normalized spacial score (nSPS) is 33.4. The number of rotatable bonds is 6. The maximum Gasteiger partial charge on any atom is 0.233 e. The first-order valence-electron chi connectivity index (χ1n) is 9.98. The Bertz CT molecular complexity index is 564. The van der Waals surface area contributed by atoms with Gasteiger partial charge in [0.2, 0.25) is 17.7 Å². The van der Waals surface area contributed by atoms with Crippen LogP contribution in [0.2, 0.25) is 0 Å². The average molecular weight is 344 g/mol. The number of likely N-dealkylation sites (tertiary alicyclic amines) is 2. The zero-order valence-electron chi connectivity index (χ0n) is 14.9. The van der Waals surface area contributed by atoms with Gasteiger partial charge in [-0.05, 0) is 50.4 Å². The highest BCUT2D eigenvalue weighted by atomic mass is 16.2. The Morgan fingerprint density at radius 2 is 1.56 bits per heavy atom. The monoisotopic (exact) mass is 344 g/mol. The molecule has 1 saturated carbocycles. The number of imide groups is 1. The molecular weight excluding hydrogens is 316 g/mol. The molecule has 25 heavy (non-hydrogen) atoms. The maximum atomic E-state index is 12.6. The van der Waals surface area contributed by atoms with Crippen LogP contribution in [0, 0.1) is 23.7 Å². The first-order valence-corrected chi connectivity index (χ1v) is 9.98.